The summed E-state index contributed by atoms with van der Waals surface area (Å²) in [5.74, 6) is 1.20. The van der Waals surface area contributed by atoms with E-state index in [9.17, 15) is 8.42 Å². The summed E-state index contributed by atoms with van der Waals surface area (Å²) >= 11 is 0. The lowest BCUT2D eigenvalue weighted by atomic mass is 9.85. The van der Waals surface area contributed by atoms with Gasteiger partial charge in [-0.25, -0.2) is 8.42 Å². The van der Waals surface area contributed by atoms with E-state index < -0.39 is 9.84 Å². The molecule has 1 saturated heterocycles. The number of likely N-dealkylation sites (tertiary alicyclic amines) is 1. The lowest BCUT2D eigenvalue weighted by Crippen LogP contribution is -2.48. The summed E-state index contributed by atoms with van der Waals surface area (Å²) in [6, 6.07) is 1.37. The van der Waals surface area contributed by atoms with Crippen molar-refractivity contribution < 1.29 is 8.42 Å². The highest BCUT2D eigenvalue weighted by molar-refractivity contribution is 7.90. The highest BCUT2D eigenvalue weighted by Gasteiger charge is 2.29. The van der Waals surface area contributed by atoms with Crippen molar-refractivity contribution in [1.29, 1.82) is 0 Å². The first-order chi connectivity index (χ1) is 9.85. The van der Waals surface area contributed by atoms with Crippen molar-refractivity contribution in [2.45, 2.75) is 57.5 Å². The molecular weight excluding hydrogens is 284 g/mol. The van der Waals surface area contributed by atoms with Crippen molar-refractivity contribution in [3.05, 3.63) is 0 Å². The molecule has 21 heavy (non-hydrogen) atoms. The molecule has 0 spiro atoms. The van der Waals surface area contributed by atoms with E-state index >= 15 is 0 Å². The van der Waals surface area contributed by atoms with Gasteiger partial charge in [-0.05, 0) is 64.6 Å². The molecule has 0 bridgehead atoms. The van der Waals surface area contributed by atoms with Crippen molar-refractivity contribution in [1.82, 2.24) is 9.80 Å². The third kappa shape index (κ3) is 5.53. The summed E-state index contributed by atoms with van der Waals surface area (Å²) in [6.45, 7) is 5.42. The summed E-state index contributed by atoms with van der Waals surface area (Å²) in [5, 5.41) is 0. The molecule has 2 fully saturated rings. The second-order valence-electron chi connectivity index (χ2n) is 7.29. The number of nitrogens with zero attached hydrogens (tertiary/aromatic N) is 2. The zero-order valence-corrected chi connectivity index (χ0v) is 14.7. The number of rotatable bonds is 5. The lowest BCUT2D eigenvalue weighted by molar-refractivity contribution is 0.0765. The van der Waals surface area contributed by atoms with Crippen molar-refractivity contribution in [2.24, 2.45) is 5.92 Å². The fourth-order valence-corrected chi connectivity index (χ4v) is 4.41. The highest BCUT2D eigenvalue weighted by Crippen LogP contribution is 2.29. The average molecular weight is 317 g/mol. The van der Waals surface area contributed by atoms with Crippen LogP contribution in [0.5, 0.6) is 0 Å². The lowest BCUT2D eigenvalue weighted by Gasteiger charge is -2.42. The van der Waals surface area contributed by atoms with E-state index in [1.165, 1.54) is 57.9 Å². The van der Waals surface area contributed by atoms with Crippen LogP contribution in [-0.4, -0.2) is 69.0 Å². The first-order valence-electron chi connectivity index (χ1n) is 8.47. The van der Waals surface area contributed by atoms with Gasteiger partial charge in [0.05, 0.1) is 5.75 Å². The molecule has 0 aromatic heterocycles. The van der Waals surface area contributed by atoms with E-state index in [4.69, 9.17) is 0 Å². The van der Waals surface area contributed by atoms with Crippen LogP contribution in [0, 0.1) is 5.92 Å². The van der Waals surface area contributed by atoms with Crippen LogP contribution < -0.4 is 0 Å². The Kier molecular flexibility index (Phi) is 6.09. The topological polar surface area (TPSA) is 40.6 Å². The Hall–Kier alpha value is -0.130. The Bertz CT molecular complexity index is 408. The van der Waals surface area contributed by atoms with E-state index in [1.807, 2.05) is 0 Å². The molecule has 124 valence electrons. The van der Waals surface area contributed by atoms with Crippen LogP contribution in [0.25, 0.3) is 0 Å². The zero-order chi connectivity index (χ0) is 15.5. The maximum atomic E-state index is 11.3. The van der Waals surface area contributed by atoms with Crippen LogP contribution in [0.2, 0.25) is 0 Å². The number of hydrogen-bond acceptors (Lipinski definition) is 4. The number of sulfone groups is 1. The van der Waals surface area contributed by atoms with Gasteiger partial charge in [-0.15, -0.1) is 0 Å². The Labute approximate surface area is 130 Å². The summed E-state index contributed by atoms with van der Waals surface area (Å²) in [7, 11) is -0.766. The number of hydrogen-bond donors (Lipinski definition) is 0. The summed E-state index contributed by atoms with van der Waals surface area (Å²) in [4.78, 5) is 4.94. The smallest absolute Gasteiger partial charge is 0.148 e. The molecule has 0 aromatic carbocycles. The molecule has 4 nitrogen and oxygen atoms in total. The fourth-order valence-electron chi connectivity index (χ4n) is 3.79. The van der Waals surface area contributed by atoms with Gasteiger partial charge in [-0.2, -0.15) is 0 Å². The largest absolute Gasteiger partial charge is 0.302 e. The molecule has 0 aromatic rings. The minimum absolute atomic E-state index is 0.282. The van der Waals surface area contributed by atoms with Gasteiger partial charge in [-0.3, -0.25) is 0 Å². The van der Waals surface area contributed by atoms with E-state index in [0.29, 0.717) is 12.6 Å². The van der Waals surface area contributed by atoms with Gasteiger partial charge >= 0.3 is 0 Å². The Balaban J connectivity index is 1.72. The molecular formula is C16H32N2O2S. The molecule has 0 radical (unpaired) electrons. The molecule has 1 aliphatic heterocycles. The molecule has 0 amide bonds. The van der Waals surface area contributed by atoms with Crippen LogP contribution in [0.3, 0.4) is 0 Å². The van der Waals surface area contributed by atoms with Crippen LogP contribution in [0.15, 0.2) is 0 Å². The number of piperidine rings is 1. The standard InChI is InChI=1S/C16H32N2O2S/c1-14-4-6-16(7-5-14)18-10-8-15(9-11-18)17(2)12-13-21(3,19)20/h14-16H,4-13H2,1-3H3. The minimum Gasteiger partial charge on any atom is -0.302 e. The molecule has 0 atom stereocenters. The van der Waals surface area contributed by atoms with Gasteiger partial charge in [-0.1, -0.05) is 6.92 Å². The van der Waals surface area contributed by atoms with Gasteiger partial charge in [0.25, 0.3) is 0 Å². The summed E-state index contributed by atoms with van der Waals surface area (Å²) in [6.07, 6.45) is 9.22. The summed E-state index contributed by atoms with van der Waals surface area (Å²) < 4.78 is 22.5. The third-order valence-electron chi connectivity index (χ3n) is 5.44. The third-order valence-corrected chi connectivity index (χ3v) is 6.36. The average Bonchev–Trinajstić information content (AvgIpc) is 2.45. The van der Waals surface area contributed by atoms with E-state index in [1.54, 1.807) is 0 Å². The zero-order valence-electron chi connectivity index (χ0n) is 13.9. The van der Waals surface area contributed by atoms with Crippen LogP contribution in [0.1, 0.15) is 45.4 Å². The predicted octanol–water partition coefficient (Wildman–Crippen LogP) is 2.01. The Morgan fingerprint density at radius 1 is 1.05 bits per heavy atom. The van der Waals surface area contributed by atoms with Crippen LogP contribution >= 0.6 is 0 Å². The van der Waals surface area contributed by atoms with Crippen molar-refractivity contribution in [3.8, 4) is 0 Å². The normalized spacial score (nSPS) is 29.9. The molecule has 5 heteroatoms. The van der Waals surface area contributed by atoms with Crippen molar-refractivity contribution >= 4 is 9.84 Å². The van der Waals surface area contributed by atoms with Crippen LogP contribution in [0.4, 0.5) is 0 Å². The quantitative estimate of drug-likeness (QED) is 0.778. The van der Waals surface area contributed by atoms with E-state index in [0.717, 1.165) is 12.0 Å². The van der Waals surface area contributed by atoms with E-state index in [-0.39, 0.29) is 5.75 Å². The maximum Gasteiger partial charge on any atom is 0.148 e. The van der Waals surface area contributed by atoms with Gasteiger partial charge in [0, 0.05) is 24.9 Å². The monoisotopic (exact) mass is 316 g/mol. The molecule has 1 saturated carbocycles. The molecule has 0 N–H and O–H groups in total. The second-order valence-corrected chi connectivity index (χ2v) is 9.55. The Morgan fingerprint density at radius 3 is 2.14 bits per heavy atom. The van der Waals surface area contributed by atoms with Gasteiger partial charge in [0.15, 0.2) is 0 Å². The van der Waals surface area contributed by atoms with E-state index in [2.05, 4.69) is 23.8 Å². The Morgan fingerprint density at radius 2 is 1.62 bits per heavy atom. The fraction of sp³-hybridized carbons (Fsp3) is 1.00. The predicted molar refractivity (Wildman–Crippen MR) is 88.4 cm³/mol. The first kappa shape index (κ1) is 17.2. The van der Waals surface area contributed by atoms with Gasteiger partial charge in [0.1, 0.15) is 9.84 Å². The molecule has 2 aliphatic rings. The molecule has 1 heterocycles. The SMILES string of the molecule is CC1CCC(N2CCC(N(C)CCS(C)(=O)=O)CC2)CC1. The second kappa shape index (κ2) is 7.42. The maximum absolute atomic E-state index is 11.3. The van der Waals surface area contributed by atoms with Crippen molar-refractivity contribution in [2.75, 3.05) is 38.7 Å². The molecule has 0 unspecified atom stereocenters. The molecule has 2 rings (SSSR count). The minimum atomic E-state index is -2.84. The molecule has 1 aliphatic carbocycles. The van der Waals surface area contributed by atoms with Gasteiger partial charge < -0.3 is 9.80 Å². The summed E-state index contributed by atoms with van der Waals surface area (Å²) in [5.41, 5.74) is 0. The van der Waals surface area contributed by atoms with Crippen molar-refractivity contribution in [3.63, 3.8) is 0 Å². The highest BCUT2D eigenvalue weighted by atomic mass is 32.2. The van der Waals surface area contributed by atoms with Gasteiger partial charge in [0.2, 0.25) is 0 Å². The van der Waals surface area contributed by atoms with Crippen LogP contribution in [-0.2, 0) is 9.84 Å². The first-order valence-corrected chi connectivity index (χ1v) is 10.5.